The summed E-state index contributed by atoms with van der Waals surface area (Å²) in [5.41, 5.74) is 4.06. The number of hydrogen-bond donors (Lipinski definition) is 5. The number of carbonyl (C=O) groups is 2. The van der Waals surface area contributed by atoms with E-state index < -0.39 is 42.2 Å². The summed E-state index contributed by atoms with van der Waals surface area (Å²) < 4.78 is 10.5. The smallest absolute Gasteiger partial charge is 0.335 e. The van der Waals surface area contributed by atoms with E-state index in [-0.39, 0.29) is 17.9 Å². The van der Waals surface area contributed by atoms with E-state index in [9.17, 15) is 24.9 Å². The van der Waals surface area contributed by atoms with Crippen molar-refractivity contribution in [1.82, 2.24) is 0 Å². The van der Waals surface area contributed by atoms with Gasteiger partial charge in [-0.3, -0.25) is 0 Å². The fourth-order valence-electron chi connectivity index (χ4n) is 2.92. The molecule has 6 N–H and O–H groups in total. The van der Waals surface area contributed by atoms with E-state index >= 15 is 0 Å². The minimum Gasteiger partial charge on any atom is -0.504 e. The Morgan fingerprint density at radius 2 is 2.07 bits per heavy atom. The number of ether oxygens (including phenoxy) is 2. The van der Waals surface area contributed by atoms with Crippen LogP contribution in [0.2, 0.25) is 0 Å². The van der Waals surface area contributed by atoms with Crippen LogP contribution in [0.5, 0.6) is 11.5 Å². The van der Waals surface area contributed by atoms with Crippen LogP contribution in [-0.2, 0) is 14.3 Å². The lowest BCUT2D eigenvalue weighted by Gasteiger charge is -2.39. The molecular weight excluding hydrogens is 370 g/mol. The summed E-state index contributed by atoms with van der Waals surface area (Å²) in [4.78, 5) is 23.3. The zero-order valence-corrected chi connectivity index (χ0v) is 15.4. The minimum atomic E-state index is -2.17. The van der Waals surface area contributed by atoms with E-state index in [2.05, 4.69) is 0 Å². The van der Waals surface area contributed by atoms with Crippen LogP contribution in [0, 0.1) is 0 Å². The fraction of sp³-hybridized carbons (Fsp3) is 0.474. The van der Waals surface area contributed by atoms with Crippen LogP contribution in [0.25, 0.3) is 6.08 Å². The number of carbonyl (C=O) groups excluding carboxylic acids is 1. The number of phenols is 1. The summed E-state index contributed by atoms with van der Waals surface area (Å²) in [6.07, 6.45) is -0.0980. The molecule has 1 aliphatic rings. The maximum absolute atomic E-state index is 12.1. The maximum atomic E-state index is 12.1. The van der Waals surface area contributed by atoms with E-state index in [4.69, 9.17) is 20.3 Å². The molecule has 0 saturated heterocycles. The van der Waals surface area contributed by atoms with E-state index in [1.54, 1.807) is 12.1 Å². The number of esters is 1. The normalized spacial score (nSPS) is 27.5. The zero-order chi connectivity index (χ0) is 20.9. The highest BCUT2D eigenvalue weighted by Gasteiger charge is 2.49. The van der Waals surface area contributed by atoms with Crippen molar-refractivity contribution in [3.8, 4) is 11.5 Å². The predicted octanol–water partition coefficient (Wildman–Crippen LogP) is 0.404. The molecule has 1 aliphatic carbocycles. The standard InChI is InChI=1S/C19H25NO8/c1-2-7-27-14-8-11(3-5-13(14)21)4-6-16(22)28-15-10-19(26,18(24)25)9-12(20)17(15)23/h3-6,8,12,15,17,21,23,26H,2,7,9-10,20H2,1H3,(H,24,25)/b6-4+/t12?,15-,17+,19-/m0/s1. The minimum absolute atomic E-state index is 0.0274. The molecule has 0 amide bonds. The van der Waals surface area contributed by atoms with Gasteiger partial charge in [0.1, 0.15) is 12.2 Å². The Morgan fingerprint density at radius 3 is 2.71 bits per heavy atom. The summed E-state index contributed by atoms with van der Waals surface area (Å²) in [6, 6.07) is 3.48. The number of carboxylic acid groups (broad SMARTS) is 1. The molecule has 9 nitrogen and oxygen atoms in total. The number of hydrogen-bond acceptors (Lipinski definition) is 8. The maximum Gasteiger partial charge on any atom is 0.335 e. The van der Waals surface area contributed by atoms with Gasteiger partial charge in [0, 0.05) is 25.0 Å². The van der Waals surface area contributed by atoms with Gasteiger partial charge in [0.05, 0.1) is 6.61 Å². The van der Waals surface area contributed by atoms with Crippen molar-refractivity contribution in [3.05, 3.63) is 29.8 Å². The molecule has 28 heavy (non-hydrogen) atoms. The van der Waals surface area contributed by atoms with Crippen LogP contribution in [0.15, 0.2) is 24.3 Å². The number of aliphatic carboxylic acids is 1. The van der Waals surface area contributed by atoms with Gasteiger partial charge in [0.25, 0.3) is 0 Å². The number of nitrogens with two attached hydrogens (primary N) is 1. The van der Waals surface area contributed by atoms with E-state index in [1.165, 1.54) is 12.1 Å². The third kappa shape index (κ3) is 5.22. The molecule has 0 aliphatic heterocycles. The number of aliphatic hydroxyl groups excluding tert-OH is 1. The lowest BCUT2D eigenvalue weighted by Crippen LogP contribution is -2.59. The summed E-state index contributed by atoms with van der Waals surface area (Å²) in [7, 11) is 0. The monoisotopic (exact) mass is 395 g/mol. The Labute approximate surface area is 162 Å². The first-order valence-corrected chi connectivity index (χ1v) is 8.90. The quantitative estimate of drug-likeness (QED) is 0.325. The van der Waals surface area contributed by atoms with Gasteiger partial charge in [-0.1, -0.05) is 13.0 Å². The van der Waals surface area contributed by atoms with Crippen molar-refractivity contribution in [2.45, 2.75) is 50.0 Å². The molecule has 1 aromatic carbocycles. The largest absolute Gasteiger partial charge is 0.504 e. The first-order chi connectivity index (χ1) is 13.2. The number of rotatable bonds is 7. The summed E-state index contributed by atoms with van der Waals surface area (Å²) in [5, 5.41) is 39.1. The Balaban J connectivity index is 2.05. The first-order valence-electron chi connectivity index (χ1n) is 8.90. The molecule has 4 atom stereocenters. The Kier molecular flexibility index (Phi) is 7.00. The first kappa shape index (κ1) is 21.7. The van der Waals surface area contributed by atoms with Crippen molar-refractivity contribution in [2.75, 3.05) is 6.61 Å². The number of aromatic hydroxyl groups is 1. The molecule has 1 saturated carbocycles. The van der Waals surface area contributed by atoms with Crippen molar-refractivity contribution < 1.29 is 39.5 Å². The summed E-state index contributed by atoms with van der Waals surface area (Å²) >= 11 is 0. The third-order valence-corrected chi connectivity index (χ3v) is 4.45. The Morgan fingerprint density at radius 1 is 1.36 bits per heavy atom. The second-order valence-corrected chi connectivity index (χ2v) is 6.78. The van der Waals surface area contributed by atoms with Crippen molar-refractivity contribution >= 4 is 18.0 Å². The van der Waals surface area contributed by atoms with Gasteiger partial charge in [0.15, 0.2) is 17.1 Å². The van der Waals surface area contributed by atoms with Crippen LogP contribution in [-0.4, -0.2) is 62.8 Å². The van der Waals surface area contributed by atoms with E-state index in [0.29, 0.717) is 12.2 Å². The highest BCUT2D eigenvalue weighted by molar-refractivity contribution is 5.87. The van der Waals surface area contributed by atoms with Gasteiger partial charge >= 0.3 is 11.9 Å². The van der Waals surface area contributed by atoms with Crippen LogP contribution >= 0.6 is 0 Å². The van der Waals surface area contributed by atoms with Crippen LogP contribution in [0.1, 0.15) is 31.7 Å². The fourth-order valence-corrected chi connectivity index (χ4v) is 2.92. The molecule has 0 aromatic heterocycles. The molecule has 9 heteroatoms. The second-order valence-electron chi connectivity index (χ2n) is 6.78. The average molecular weight is 395 g/mol. The summed E-state index contributed by atoms with van der Waals surface area (Å²) in [6.45, 7) is 2.35. The number of phenolic OH excluding ortho intramolecular Hbond substituents is 1. The predicted molar refractivity (Wildman–Crippen MR) is 98.6 cm³/mol. The topological polar surface area (TPSA) is 160 Å². The number of aliphatic hydroxyl groups is 2. The van der Waals surface area contributed by atoms with Crippen LogP contribution in [0.4, 0.5) is 0 Å². The lowest BCUT2D eigenvalue weighted by molar-refractivity contribution is -0.182. The molecule has 0 spiro atoms. The zero-order valence-electron chi connectivity index (χ0n) is 15.4. The molecule has 154 valence electrons. The van der Waals surface area contributed by atoms with E-state index in [0.717, 1.165) is 12.5 Å². The van der Waals surface area contributed by atoms with E-state index in [1.807, 2.05) is 6.92 Å². The molecule has 0 radical (unpaired) electrons. The van der Waals surface area contributed by atoms with Crippen molar-refractivity contribution in [2.24, 2.45) is 5.73 Å². The van der Waals surface area contributed by atoms with Gasteiger partial charge in [-0.05, 0) is 30.2 Å². The van der Waals surface area contributed by atoms with Gasteiger partial charge in [0.2, 0.25) is 0 Å². The highest BCUT2D eigenvalue weighted by atomic mass is 16.6. The van der Waals surface area contributed by atoms with Gasteiger partial charge in [-0.25, -0.2) is 9.59 Å². The second kappa shape index (κ2) is 9.05. The molecule has 0 bridgehead atoms. The molecule has 2 rings (SSSR count). The molecular formula is C19H25NO8. The number of benzene rings is 1. The molecule has 1 fully saturated rings. The third-order valence-electron chi connectivity index (χ3n) is 4.45. The molecule has 0 heterocycles. The Bertz CT molecular complexity index is 749. The highest BCUT2D eigenvalue weighted by Crippen LogP contribution is 2.31. The van der Waals surface area contributed by atoms with Crippen molar-refractivity contribution in [3.63, 3.8) is 0 Å². The SMILES string of the molecule is CCCOc1cc(/C=C/C(=O)O[C@H]2C[C@](O)(C(=O)O)CC(N)[C@H]2O)ccc1O. The summed E-state index contributed by atoms with van der Waals surface area (Å²) in [5.74, 6) is -2.08. The number of carboxylic acids is 1. The molecule has 1 aromatic rings. The molecule has 1 unspecified atom stereocenters. The average Bonchev–Trinajstić information content (AvgIpc) is 2.64. The van der Waals surface area contributed by atoms with Gasteiger partial charge < -0.3 is 35.6 Å². The van der Waals surface area contributed by atoms with Crippen LogP contribution < -0.4 is 10.5 Å². The van der Waals surface area contributed by atoms with Crippen molar-refractivity contribution in [1.29, 1.82) is 0 Å². The Hall–Kier alpha value is -2.62. The van der Waals surface area contributed by atoms with Gasteiger partial charge in [-0.2, -0.15) is 0 Å². The lowest BCUT2D eigenvalue weighted by atomic mass is 9.78. The van der Waals surface area contributed by atoms with Gasteiger partial charge in [-0.15, -0.1) is 0 Å². The van der Waals surface area contributed by atoms with Crippen LogP contribution in [0.3, 0.4) is 0 Å².